The summed E-state index contributed by atoms with van der Waals surface area (Å²) in [6.07, 6.45) is 0. The van der Waals surface area contributed by atoms with Crippen LogP contribution in [0.1, 0.15) is 29.8 Å². The Hall–Kier alpha value is -0.920. The number of rotatable bonds is 5. The van der Waals surface area contributed by atoms with E-state index in [1.807, 2.05) is 13.8 Å². The second-order valence-corrected chi connectivity index (χ2v) is 7.90. The number of sulfonamides is 1. The molecular weight excluding hydrogens is 346 g/mol. The number of carboxylic acid groups (broad SMARTS) is 1. The van der Waals surface area contributed by atoms with Crippen LogP contribution in [0.25, 0.3) is 0 Å². The molecule has 0 spiro atoms. The Morgan fingerprint density at radius 3 is 2.40 bits per heavy atom. The fourth-order valence-electron chi connectivity index (χ4n) is 1.83. The number of nitrogens with zero attached hydrogens (tertiary/aromatic N) is 1. The van der Waals surface area contributed by atoms with Gasteiger partial charge in [-0.1, -0.05) is 13.8 Å². The zero-order valence-corrected chi connectivity index (χ0v) is 14.2. The SMILES string of the molecule is Cc1cc(C(=O)O)cc(S(=O)(=O)N(C)CC(C)C)c1Br. The monoisotopic (exact) mass is 363 g/mol. The summed E-state index contributed by atoms with van der Waals surface area (Å²) in [5.74, 6) is -0.971. The molecule has 0 aliphatic rings. The minimum atomic E-state index is -3.72. The van der Waals surface area contributed by atoms with Crippen LogP contribution < -0.4 is 0 Å². The van der Waals surface area contributed by atoms with Gasteiger partial charge in [0.2, 0.25) is 10.0 Å². The highest BCUT2D eigenvalue weighted by Crippen LogP contribution is 2.29. The van der Waals surface area contributed by atoms with Gasteiger partial charge in [0.1, 0.15) is 0 Å². The Kier molecular flexibility index (Phi) is 5.34. The van der Waals surface area contributed by atoms with Gasteiger partial charge in [0.25, 0.3) is 0 Å². The molecule has 1 aromatic carbocycles. The quantitative estimate of drug-likeness (QED) is 0.872. The van der Waals surface area contributed by atoms with Crippen molar-refractivity contribution in [1.82, 2.24) is 4.31 Å². The average molecular weight is 364 g/mol. The van der Waals surface area contributed by atoms with E-state index in [-0.39, 0.29) is 16.4 Å². The van der Waals surface area contributed by atoms with E-state index in [2.05, 4.69) is 15.9 Å². The maximum absolute atomic E-state index is 12.5. The molecule has 0 amide bonds. The fourth-order valence-corrected chi connectivity index (χ4v) is 4.16. The minimum Gasteiger partial charge on any atom is -0.478 e. The summed E-state index contributed by atoms with van der Waals surface area (Å²) in [5, 5.41) is 9.05. The summed E-state index contributed by atoms with van der Waals surface area (Å²) in [7, 11) is -2.23. The number of hydrogen-bond donors (Lipinski definition) is 1. The Morgan fingerprint density at radius 2 is 1.95 bits per heavy atom. The third-order valence-corrected chi connectivity index (χ3v) is 5.94. The lowest BCUT2D eigenvalue weighted by Crippen LogP contribution is -2.31. The van der Waals surface area contributed by atoms with E-state index < -0.39 is 16.0 Å². The molecule has 5 nitrogen and oxygen atoms in total. The first kappa shape index (κ1) is 17.1. The highest BCUT2D eigenvalue weighted by Gasteiger charge is 2.26. The van der Waals surface area contributed by atoms with Crippen molar-refractivity contribution in [2.45, 2.75) is 25.7 Å². The van der Waals surface area contributed by atoms with E-state index in [0.29, 0.717) is 16.6 Å². The zero-order chi connectivity index (χ0) is 15.7. The standard InChI is InChI=1S/C13H18BrNO4S/c1-8(2)7-15(4)20(18,19)11-6-10(13(16)17)5-9(3)12(11)14/h5-6,8H,7H2,1-4H3,(H,16,17). The number of aromatic carboxylic acids is 1. The van der Waals surface area contributed by atoms with Crippen LogP contribution >= 0.6 is 15.9 Å². The van der Waals surface area contributed by atoms with E-state index >= 15 is 0 Å². The maximum atomic E-state index is 12.5. The van der Waals surface area contributed by atoms with Crippen molar-refractivity contribution in [1.29, 1.82) is 0 Å². The molecule has 1 N–H and O–H groups in total. The highest BCUT2D eigenvalue weighted by molar-refractivity contribution is 9.10. The Balaban J connectivity index is 3.41. The number of carbonyl (C=O) groups is 1. The smallest absolute Gasteiger partial charge is 0.335 e. The van der Waals surface area contributed by atoms with Crippen LogP contribution in [-0.2, 0) is 10.0 Å². The normalized spacial score (nSPS) is 12.2. The van der Waals surface area contributed by atoms with Gasteiger partial charge >= 0.3 is 5.97 Å². The topological polar surface area (TPSA) is 74.7 Å². The van der Waals surface area contributed by atoms with Gasteiger partial charge in [0, 0.05) is 18.1 Å². The van der Waals surface area contributed by atoms with Gasteiger partial charge in [-0.05, 0) is 46.5 Å². The molecule has 0 saturated carbocycles. The predicted octanol–water partition coefficient (Wildman–Crippen LogP) is 2.73. The first-order valence-corrected chi connectivity index (χ1v) is 8.30. The lowest BCUT2D eigenvalue weighted by Gasteiger charge is -2.20. The van der Waals surface area contributed by atoms with Crippen LogP contribution in [0.3, 0.4) is 0 Å². The molecule has 1 rings (SSSR count). The van der Waals surface area contributed by atoms with Crippen LogP contribution in [0.2, 0.25) is 0 Å². The average Bonchev–Trinajstić information content (AvgIpc) is 2.30. The maximum Gasteiger partial charge on any atom is 0.335 e. The number of aryl methyl sites for hydroxylation is 1. The highest BCUT2D eigenvalue weighted by atomic mass is 79.9. The second-order valence-electron chi connectivity index (χ2n) is 5.09. The first-order chi connectivity index (χ1) is 9.07. The fraction of sp³-hybridized carbons (Fsp3) is 0.462. The molecule has 0 fully saturated rings. The number of carboxylic acids is 1. The molecule has 112 valence electrons. The Labute approximate surface area is 127 Å². The third kappa shape index (κ3) is 3.59. The van der Waals surface area contributed by atoms with E-state index in [9.17, 15) is 13.2 Å². The lowest BCUT2D eigenvalue weighted by atomic mass is 10.1. The van der Waals surface area contributed by atoms with Gasteiger partial charge in [-0.3, -0.25) is 0 Å². The number of halogens is 1. The van der Waals surface area contributed by atoms with Gasteiger partial charge in [-0.2, -0.15) is 0 Å². The molecule has 0 radical (unpaired) electrons. The largest absolute Gasteiger partial charge is 0.478 e. The lowest BCUT2D eigenvalue weighted by molar-refractivity contribution is 0.0696. The summed E-state index contributed by atoms with van der Waals surface area (Å²) in [5.41, 5.74) is 0.531. The molecule has 0 heterocycles. The van der Waals surface area contributed by atoms with Crippen LogP contribution in [-0.4, -0.2) is 37.4 Å². The molecule has 0 atom stereocenters. The molecular formula is C13H18BrNO4S. The number of benzene rings is 1. The van der Waals surface area contributed by atoms with Gasteiger partial charge < -0.3 is 5.11 Å². The molecule has 7 heteroatoms. The summed E-state index contributed by atoms with van der Waals surface area (Å²) in [6.45, 7) is 5.86. The predicted molar refractivity (Wildman–Crippen MR) is 80.5 cm³/mol. The van der Waals surface area contributed by atoms with E-state index in [1.165, 1.54) is 23.5 Å². The van der Waals surface area contributed by atoms with Crippen LogP contribution in [0, 0.1) is 12.8 Å². The molecule has 0 saturated heterocycles. The van der Waals surface area contributed by atoms with Crippen LogP contribution in [0.5, 0.6) is 0 Å². The van der Waals surface area contributed by atoms with Crippen molar-refractivity contribution in [2.24, 2.45) is 5.92 Å². The molecule has 0 unspecified atom stereocenters. The van der Waals surface area contributed by atoms with Crippen molar-refractivity contribution in [2.75, 3.05) is 13.6 Å². The van der Waals surface area contributed by atoms with Gasteiger partial charge in [0.15, 0.2) is 0 Å². The minimum absolute atomic E-state index is 0.0157. The summed E-state index contributed by atoms with van der Waals surface area (Å²) in [4.78, 5) is 11.1. The molecule has 0 aromatic heterocycles. The van der Waals surface area contributed by atoms with Crippen LogP contribution in [0.4, 0.5) is 0 Å². The van der Waals surface area contributed by atoms with Gasteiger partial charge in [-0.25, -0.2) is 17.5 Å². The van der Waals surface area contributed by atoms with Gasteiger partial charge in [0.05, 0.1) is 10.5 Å². The third-order valence-electron chi connectivity index (χ3n) is 2.78. The van der Waals surface area contributed by atoms with E-state index in [4.69, 9.17) is 5.11 Å². The molecule has 20 heavy (non-hydrogen) atoms. The van der Waals surface area contributed by atoms with Crippen molar-refractivity contribution < 1.29 is 18.3 Å². The summed E-state index contributed by atoms with van der Waals surface area (Å²) >= 11 is 3.24. The molecule has 0 aliphatic heterocycles. The molecule has 1 aromatic rings. The number of hydrogen-bond acceptors (Lipinski definition) is 3. The Morgan fingerprint density at radius 1 is 1.40 bits per heavy atom. The zero-order valence-electron chi connectivity index (χ0n) is 11.8. The van der Waals surface area contributed by atoms with Crippen molar-refractivity contribution in [3.8, 4) is 0 Å². The van der Waals surface area contributed by atoms with Crippen molar-refractivity contribution in [3.63, 3.8) is 0 Å². The van der Waals surface area contributed by atoms with E-state index in [0.717, 1.165) is 0 Å². The van der Waals surface area contributed by atoms with Crippen molar-refractivity contribution >= 4 is 31.9 Å². The second kappa shape index (κ2) is 6.24. The summed E-state index contributed by atoms with van der Waals surface area (Å²) in [6, 6.07) is 2.62. The van der Waals surface area contributed by atoms with Crippen molar-refractivity contribution in [3.05, 3.63) is 27.7 Å². The van der Waals surface area contributed by atoms with Crippen LogP contribution in [0.15, 0.2) is 21.5 Å². The molecule has 0 aliphatic carbocycles. The first-order valence-electron chi connectivity index (χ1n) is 6.07. The Bertz CT molecular complexity index is 626. The summed E-state index contributed by atoms with van der Waals surface area (Å²) < 4.78 is 26.7. The molecule has 0 bridgehead atoms. The van der Waals surface area contributed by atoms with Gasteiger partial charge in [-0.15, -0.1) is 0 Å². The van der Waals surface area contributed by atoms with E-state index in [1.54, 1.807) is 6.92 Å².